The van der Waals surface area contributed by atoms with Crippen molar-refractivity contribution < 1.29 is 25.0 Å². The molecule has 0 spiro atoms. The highest BCUT2D eigenvalue weighted by Crippen LogP contribution is 2.22. The van der Waals surface area contributed by atoms with Crippen molar-refractivity contribution >= 4 is 41.9 Å². The quantitative estimate of drug-likeness (QED) is 0.247. The third-order valence-corrected chi connectivity index (χ3v) is 4.56. The molecule has 3 aromatic carbocycles. The molecule has 0 fully saturated rings. The van der Waals surface area contributed by atoms with Crippen LogP contribution < -0.4 is 0 Å². The van der Waals surface area contributed by atoms with Crippen LogP contribution in [0.2, 0.25) is 0 Å². The van der Waals surface area contributed by atoms with Crippen LogP contribution in [-0.2, 0) is 0 Å². The monoisotopic (exact) mass is 505 g/mol. The van der Waals surface area contributed by atoms with E-state index in [2.05, 4.69) is 20.4 Å². The molecule has 0 unspecified atom stereocenters. The second-order valence-electron chi connectivity index (χ2n) is 7.09. The van der Waals surface area contributed by atoms with Crippen LogP contribution in [0.5, 0.6) is 11.5 Å². The average molecular weight is 505 g/mol. The molecule has 0 aliphatic heterocycles. The van der Waals surface area contributed by atoms with E-state index in [9.17, 15) is 40.6 Å². The highest BCUT2D eigenvalue weighted by Gasteiger charge is 2.10. The number of benzene rings is 3. The van der Waals surface area contributed by atoms with Gasteiger partial charge >= 0.3 is 0 Å². The number of nitro groups is 3. The number of phenolic OH excluding ortho intramolecular Hbond substituents is 2. The molecule has 0 saturated heterocycles. The molecule has 186 valence electrons. The number of hydrogen-bond donors (Lipinski definition) is 2. The summed E-state index contributed by atoms with van der Waals surface area (Å²) in [6, 6.07) is 10.6. The van der Waals surface area contributed by atoms with Crippen LogP contribution in [-0.4, -0.2) is 49.8 Å². The van der Waals surface area contributed by atoms with Gasteiger partial charge in [0.15, 0.2) is 0 Å². The standard InChI is InChI=1S/C22H15N7O8/c30-21-3-1-18(27(32)33)8-16(21)12-25-23-10-14-5-15(7-20(6-14)29(36)37)11-24-26-13-17-9-19(28(34)35)2-4-22(17)31/h1-13,30-31H/b23-10+,24-11+,25-12+,26-13+. The van der Waals surface area contributed by atoms with Gasteiger partial charge in [-0.2, -0.15) is 20.4 Å². The molecule has 3 rings (SSSR count). The fraction of sp³-hybridized carbons (Fsp3) is 0. The van der Waals surface area contributed by atoms with Gasteiger partial charge in [0.1, 0.15) is 11.5 Å². The van der Waals surface area contributed by atoms with E-state index in [1.165, 1.54) is 30.6 Å². The minimum atomic E-state index is -0.636. The average Bonchev–Trinajstić information content (AvgIpc) is 2.86. The molecule has 15 nitrogen and oxygen atoms in total. The van der Waals surface area contributed by atoms with Gasteiger partial charge in [-0.1, -0.05) is 0 Å². The number of nitrogens with zero attached hydrogens (tertiary/aromatic N) is 7. The van der Waals surface area contributed by atoms with Gasteiger partial charge in [0.05, 0.1) is 39.6 Å². The van der Waals surface area contributed by atoms with Crippen molar-refractivity contribution in [3.05, 3.63) is 107 Å². The van der Waals surface area contributed by atoms with E-state index in [0.29, 0.717) is 0 Å². The summed E-state index contributed by atoms with van der Waals surface area (Å²) in [4.78, 5) is 31.1. The fourth-order valence-corrected chi connectivity index (χ4v) is 2.82. The second kappa shape index (κ2) is 11.5. The summed E-state index contributed by atoms with van der Waals surface area (Å²) >= 11 is 0. The Labute approximate surface area is 206 Å². The molecule has 2 N–H and O–H groups in total. The van der Waals surface area contributed by atoms with Gasteiger partial charge in [-0.15, -0.1) is 0 Å². The summed E-state index contributed by atoms with van der Waals surface area (Å²) < 4.78 is 0. The van der Waals surface area contributed by atoms with Crippen molar-refractivity contribution in [3.63, 3.8) is 0 Å². The lowest BCUT2D eigenvalue weighted by Crippen LogP contribution is -1.94. The van der Waals surface area contributed by atoms with E-state index in [4.69, 9.17) is 0 Å². The maximum atomic E-state index is 11.3. The SMILES string of the molecule is O=[N+]([O-])c1cc(/C=N/N=C/c2cc([N+](=O)[O-])ccc2O)cc(/C=N/N=C/c2cc([N+](=O)[O-])ccc2O)c1. The summed E-state index contributed by atoms with van der Waals surface area (Å²) in [7, 11) is 0. The highest BCUT2D eigenvalue weighted by atomic mass is 16.6. The molecule has 3 aromatic rings. The lowest BCUT2D eigenvalue weighted by atomic mass is 10.1. The smallest absolute Gasteiger partial charge is 0.270 e. The number of aromatic hydroxyl groups is 2. The minimum Gasteiger partial charge on any atom is -0.507 e. The van der Waals surface area contributed by atoms with E-state index in [1.807, 2.05) is 0 Å². The van der Waals surface area contributed by atoms with Crippen molar-refractivity contribution in [1.29, 1.82) is 0 Å². The number of non-ortho nitro benzene ring substituents is 3. The zero-order valence-corrected chi connectivity index (χ0v) is 18.5. The van der Waals surface area contributed by atoms with Crippen molar-refractivity contribution in [1.82, 2.24) is 0 Å². The van der Waals surface area contributed by atoms with Crippen LogP contribution in [0.3, 0.4) is 0 Å². The topological polar surface area (TPSA) is 219 Å². The third kappa shape index (κ3) is 7.06. The van der Waals surface area contributed by atoms with Crippen molar-refractivity contribution in [3.8, 4) is 11.5 Å². The van der Waals surface area contributed by atoms with E-state index in [-0.39, 0.29) is 50.8 Å². The van der Waals surface area contributed by atoms with Crippen LogP contribution in [0.15, 0.2) is 75.0 Å². The molecule has 37 heavy (non-hydrogen) atoms. The number of nitro benzene ring substituents is 3. The summed E-state index contributed by atoms with van der Waals surface area (Å²) in [5.41, 5.74) is -0.182. The van der Waals surface area contributed by atoms with Gasteiger partial charge in [-0.05, 0) is 18.2 Å². The molecule has 0 aliphatic carbocycles. The van der Waals surface area contributed by atoms with Crippen molar-refractivity contribution in [2.24, 2.45) is 20.4 Å². The number of phenols is 2. The van der Waals surface area contributed by atoms with Gasteiger partial charge in [-0.25, -0.2) is 0 Å². The zero-order chi connectivity index (χ0) is 26.9. The van der Waals surface area contributed by atoms with Crippen LogP contribution in [0.4, 0.5) is 17.1 Å². The van der Waals surface area contributed by atoms with Crippen LogP contribution in [0.1, 0.15) is 22.3 Å². The highest BCUT2D eigenvalue weighted by molar-refractivity contribution is 5.89. The lowest BCUT2D eigenvalue weighted by molar-refractivity contribution is -0.385. The van der Waals surface area contributed by atoms with Crippen molar-refractivity contribution in [2.45, 2.75) is 0 Å². The molecule has 0 bridgehead atoms. The number of rotatable bonds is 9. The Kier molecular flexibility index (Phi) is 8.02. The van der Waals surface area contributed by atoms with E-state index >= 15 is 0 Å². The summed E-state index contributed by atoms with van der Waals surface area (Å²) in [5.74, 6) is -0.505. The van der Waals surface area contributed by atoms with E-state index in [1.54, 1.807) is 0 Å². The molecule has 0 amide bonds. The van der Waals surface area contributed by atoms with Gasteiger partial charge in [-0.3, -0.25) is 30.3 Å². The summed E-state index contributed by atoms with van der Waals surface area (Å²) in [5, 5.41) is 67.5. The summed E-state index contributed by atoms with van der Waals surface area (Å²) in [6.07, 6.45) is 4.52. The molecule has 0 aliphatic rings. The Morgan fingerprint density at radius 1 is 0.541 bits per heavy atom. The van der Waals surface area contributed by atoms with Gasteiger partial charge in [0.2, 0.25) is 0 Å². The molecule has 0 heterocycles. The predicted octanol–water partition coefficient (Wildman–Crippen LogP) is 3.73. The first-order chi connectivity index (χ1) is 17.6. The molecule has 0 radical (unpaired) electrons. The molecule has 15 heteroatoms. The lowest BCUT2D eigenvalue weighted by Gasteiger charge is -1.98. The molecule has 0 saturated carbocycles. The Morgan fingerprint density at radius 2 is 0.919 bits per heavy atom. The largest absolute Gasteiger partial charge is 0.507 e. The van der Waals surface area contributed by atoms with Crippen LogP contribution >= 0.6 is 0 Å². The Morgan fingerprint density at radius 3 is 1.30 bits per heavy atom. The number of hydrogen-bond acceptors (Lipinski definition) is 12. The van der Waals surface area contributed by atoms with Crippen LogP contribution in [0.25, 0.3) is 0 Å². The minimum absolute atomic E-state index is 0.0471. The van der Waals surface area contributed by atoms with Gasteiger partial charge in [0.25, 0.3) is 17.1 Å². The first-order valence-corrected chi connectivity index (χ1v) is 10.0. The first kappa shape index (κ1) is 25.8. The molecule has 0 aromatic heterocycles. The normalized spacial score (nSPS) is 11.7. The zero-order valence-electron chi connectivity index (χ0n) is 18.5. The van der Waals surface area contributed by atoms with Crippen LogP contribution in [0, 0.1) is 30.3 Å². The van der Waals surface area contributed by atoms with Gasteiger partial charge < -0.3 is 10.2 Å². The molecule has 0 atom stereocenters. The Bertz CT molecular complexity index is 1400. The Balaban J connectivity index is 1.79. The fourth-order valence-electron chi connectivity index (χ4n) is 2.82. The molecular formula is C22H15N7O8. The second-order valence-corrected chi connectivity index (χ2v) is 7.09. The third-order valence-electron chi connectivity index (χ3n) is 4.56. The van der Waals surface area contributed by atoms with E-state index < -0.39 is 14.8 Å². The first-order valence-electron chi connectivity index (χ1n) is 10.0. The maximum absolute atomic E-state index is 11.3. The maximum Gasteiger partial charge on any atom is 0.270 e. The Hall–Kier alpha value is -5.86. The van der Waals surface area contributed by atoms with Crippen molar-refractivity contribution in [2.75, 3.05) is 0 Å². The summed E-state index contributed by atoms with van der Waals surface area (Å²) in [6.45, 7) is 0. The van der Waals surface area contributed by atoms with Gasteiger partial charge in [0, 0.05) is 58.7 Å². The predicted molar refractivity (Wildman–Crippen MR) is 133 cm³/mol. The molecular weight excluding hydrogens is 490 g/mol. The van der Waals surface area contributed by atoms with E-state index in [0.717, 1.165) is 48.8 Å².